The molecule has 314 valence electrons. The minimum absolute atomic E-state index is 0.189. The van der Waals surface area contributed by atoms with E-state index in [2.05, 4.69) is 144 Å². The van der Waals surface area contributed by atoms with Crippen molar-refractivity contribution >= 4 is 122 Å². The standard InChI is InChI=1S/C60H42N4O2/c1-35(2)49-33-53(63(39-25-21-37(61-5)22-26-39)51-17-11-15-45-41-13-7-9-19-55(41)65-59(45)51)47-32-30-44-50(36(3)4)34-54(48-31-29-43(49)57(47)58(44)48)64(40-27-23-38(62-6)24-28-40)52-18-12-16-46-42-14-8-10-20-56(42)66-60(46)52/h7-36H,1-4H3. The zero-order chi connectivity index (χ0) is 44.8. The predicted molar refractivity (Wildman–Crippen MR) is 275 cm³/mol. The highest BCUT2D eigenvalue weighted by molar-refractivity contribution is 6.30. The molecular weight excluding hydrogens is 809 g/mol. The van der Waals surface area contributed by atoms with Gasteiger partial charge in [0.2, 0.25) is 0 Å². The Morgan fingerprint density at radius 1 is 0.379 bits per heavy atom. The molecule has 0 spiro atoms. The van der Waals surface area contributed by atoms with Gasteiger partial charge in [0.25, 0.3) is 0 Å². The quantitative estimate of drug-likeness (QED) is 0.113. The molecule has 10 aromatic carbocycles. The molecule has 2 aromatic heterocycles. The van der Waals surface area contributed by atoms with Crippen LogP contribution in [-0.4, -0.2) is 0 Å². The Morgan fingerprint density at radius 3 is 1.15 bits per heavy atom. The second kappa shape index (κ2) is 15.0. The van der Waals surface area contributed by atoms with Gasteiger partial charge in [-0.3, -0.25) is 0 Å². The summed E-state index contributed by atoms with van der Waals surface area (Å²) in [6.07, 6.45) is 0. The van der Waals surface area contributed by atoms with Gasteiger partial charge in [-0.2, -0.15) is 0 Å². The summed E-state index contributed by atoms with van der Waals surface area (Å²) in [6, 6.07) is 59.0. The van der Waals surface area contributed by atoms with Crippen molar-refractivity contribution in [3.8, 4) is 0 Å². The number of anilines is 6. The number of nitrogens with zero attached hydrogens (tertiary/aromatic N) is 4. The first-order valence-electron chi connectivity index (χ1n) is 22.5. The fourth-order valence-corrected chi connectivity index (χ4v) is 10.3. The zero-order valence-corrected chi connectivity index (χ0v) is 36.9. The first-order valence-corrected chi connectivity index (χ1v) is 22.5. The lowest BCUT2D eigenvalue weighted by Crippen LogP contribution is -2.13. The second-order valence-electron chi connectivity index (χ2n) is 17.8. The van der Waals surface area contributed by atoms with Gasteiger partial charge < -0.3 is 18.6 Å². The Hall–Kier alpha value is -8.58. The first-order chi connectivity index (χ1) is 32.3. The lowest BCUT2D eigenvalue weighted by atomic mass is 9.84. The van der Waals surface area contributed by atoms with Crippen LogP contribution in [0.15, 0.2) is 179 Å². The molecule has 0 amide bonds. The fraction of sp³-hybridized carbons (Fsp3) is 0.100. The van der Waals surface area contributed by atoms with Gasteiger partial charge in [0.05, 0.1) is 35.9 Å². The number of para-hydroxylation sites is 4. The Bertz CT molecular complexity index is 3710. The van der Waals surface area contributed by atoms with Crippen LogP contribution >= 0.6 is 0 Å². The van der Waals surface area contributed by atoms with Crippen LogP contribution in [-0.2, 0) is 0 Å². The van der Waals surface area contributed by atoms with Crippen molar-refractivity contribution in [2.24, 2.45) is 0 Å². The molecule has 0 radical (unpaired) electrons. The van der Waals surface area contributed by atoms with Crippen LogP contribution in [0.25, 0.3) is 85.9 Å². The predicted octanol–water partition coefficient (Wildman–Crippen LogP) is 18.7. The molecule has 0 saturated carbocycles. The molecule has 0 N–H and O–H groups in total. The molecule has 2 heterocycles. The summed E-state index contributed by atoms with van der Waals surface area (Å²) in [5, 5.41) is 11.2. The van der Waals surface area contributed by atoms with E-state index in [1.165, 1.54) is 32.7 Å². The van der Waals surface area contributed by atoms with Crippen LogP contribution in [0.3, 0.4) is 0 Å². The lowest BCUT2D eigenvalue weighted by molar-refractivity contribution is 0.668. The van der Waals surface area contributed by atoms with E-state index in [0.29, 0.717) is 11.4 Å². The van der Waals surface area contributed by atoms with Gasteiger partial charge in [-0.1, -0.05) is 137 Å². The highest BCUT2D eigenvalue weighted by Gasteiger charge is 2.28. The minimum atomic E-state index is 0.189. The molecule has 0 aliphatic heterocycles. The SMILES string of the molecule is [C-]#[N+]c1ccc(N(c2cc(C(C)C)c3ccc4c(N(c5ccc([N+]#[C-])cc5)c5cccc6c5oc5ccccc56)cc(C(C)C)c5ccc2c3c54)c2cccc3c2oc2ccccc23)cc1. The van der Waals surface area contributed by atoms with Crippen molar-refractivity contribution in [2.75, 3.05) is 9.80 Å². The van der Waals surface area contributed by atoms with Crippen LogP contribution in [0.2, 0.25) is 0 Å². The third-order valence-electron chi connectivity index (χ3n) is 13.4. The van der Waals surface area contributed by atoms with E-state index in [4.69, 9.17) is 22.0 Å². The summed E-state index contributed by atoms with van der Waals surface area (Å²) in [5.74, 6) is 0.377. The van der Waals surface area contributed by atoms with Crippen LogP contribution < -0.4 is 9.80 Å². The van der Waals surface area contributed by atoms with Crippen LogP contribution in [0.4, 0.5) is 45.5 Å². The van der Waals surface area contributed by atoms with E-state index in [1.807, 2.05) is 72.8 Å². The third-order valence-corrected chi connectivity index (χ3v) is 13.4. The van der Waals surface area contributed by atoms with E-state index in [1.54, 1.807) is 0 Å². The average Bonchev–Trinajstić information content (AvgIpc) is 3.94. The van der Waals surface area contributed by atoms with Gasteiger partial charge in [-0.15, -0.1) is 0 Å². The largest absolute Gasteiger partial charge is 0.454 e. The number of benzene rings is 10. The monoisotopic (exact) mass is 850 g/mol. The minimum Gasteiger partial charge on any atom is -0.454 e. The molecule has 6 heteroatoms. The van der Waals surface area contributed by atoms with E-state index in [-0.39, 0.29) is 11.8 Å². The topological polar surface area (TPSA) is 41.5 Å². The summed E-state index contributed by atoms with van der Waals surface area (Å²) in [7, 11) is 0. The van der Waals surface area contributed by atoms with Crippen molar-refractivity contribution in [1.82, 2.24) is 0 Å². The first kappa shape index (κ1) is 39.0. The molecule has 12 aromatic rings. The van der Waals surface area contributed by atoms with Crippen molar-refractivity contribution < 1.29 is 8.83 Å². The number of hydrogen-bond acceptors (Lipinski definition) is 4. The Balaban J connectivity index is 1.21. The molecule has 0 unspecified atom stereocenters. The van der Waals surface area contributed by atoms with Crippen LogP contribution in [0.5, 0.6) is 0 Å². The second-order valence-corrected chi connectivity index (χ2v) is 17.8. The molecule has 6 nitrogen and oxygen atoms in total. The maximum Gasteiger partial charge on any atom is 0.187 e. The highest BCUT2D eigenvalue weighted by Crippen LogP contribution is 2.53. The van der Waals surface area contributed by atoms with E-state index in [9.17, 15) is 0 Å². The lowest BCUT2D eigenvalue weighted by Gasteiger charge is -2.31. The fourth-order valence-electron chi connectivity index (χ4n) is 10.3. The Kier molecular flexibility index (Phi) is 8.88. The Labute approximate surface area is 382 Å². The highest BCUT2D eigenvalue weighted by atomic mass is 16.3. The van der Waals surface area contributed by atoms with E-state index < -0.39 is 0 Å². The Morgan fingerprint density at radius 2 is 0.758 bits per heavy atom. The third kappa shape index (κ3) is 5.86. The van der Waals surface area contributed by atoms with Crippen molar-refractivity contribution in [2.45, 2.75) is 39.5 Å². The molecule has 0 atom stereocenters. The number of fused-ring (bicyclic) bond motifs is 6. The van der Waals surface area contributed by atoms with Gasteiger partial charge in [0.1, 0.15) is 11.2 Å². The van der Waals surface area contributed by atoms with Gasteiger partial charge in [0.15, 0.2) is 22.5 Å². The van der Waals surface area contributed by atoms with Gasteiger partial charge >= 0.3 is 0 Å². The van der Waals surface area contributed by atoms with Crippen molar-refractivity contribution in [3.63, 3.8) is 0 Å². The summed E-state index contributed by atoms with van der Waals surface area (Å²) < 4.78 is 13.5. The molecule has 0 fully saturated rings. The molecule has 0 aliphatic rings. The van der Waals surface area contributed by atoms with Crippen molar-refractivity contribution in [3.05, 3.63) is 204 Å². The number of furan rings is 2. The summed E-state index contributed by atoms with van der Waals surface area (Å²) in [6.45, 7) is 24.7. The zero-order valence-electron chi connectivity index (χ0n) is 36.9. The molecule has 0 aliphatic carbocycles. The summed E-state index contributed by atoms with van der Waals surface area (Å²) >= 11 is 0. The normalized spacial score (nSPS) is 11.9. The molecule has 0 bridgehead atoms. The maximum absolute atomic E-state index is 7.79. The average molecular weight is 851 g/mol. The van der Waals surface area contributed by atoms with Gasteiger partial charge in [-0.05, 0) is 105 Å². The summed E-state index contributed by atoms with van der Waals surface area (Å²) in [5.41, 5.74) is 12.7. The van der Waals surface area contributed by atoms with Gasteiger partial charge in [0, 0.05) is 43.7 Å². The van der Waals surface area contributed by atoms with Crippen LogP contribution in [0.1, 0.15) is 50.7 Å². The molecular formula is C60H42N4O2. The van der Waals surface area contributed by atoms with E-state index >= 15 is 0 Å². The molecule has 0 saturated heterocycles. The summed E-state index contributed by atoms with van der Waals surface area (Å²) in [4.78, 5) is 12.2. The van der Waals surface area contributed by atoms with Gasteiger partial charge in [-0.25, -0.2) is 9.69 Å². The number of hydrogen-bond donors (Lipinski definition) is 0. The smallest absolute Gasteiger partial charge is 0.187 e. The number of rotatable bonds is 8. The molecule has 12 rings (SSSR count). The van der Waals surface area contributed by atoms with E-state index in [0.717, 1.165) is 88.8 Å². The molecule has 66 heavy (non-hydrogen) atoms. The van der Waals surface area contributed by atoms with Crippen LogP contribution in [0, 0.1) is 13.1 Å². The van der Waals surface area contributed by atoms with Crippen molar-refractivity contribution in [1.29, 1.82) is 0 Å². The maximum atomic E-state index is 7.79.